The van der Waals surface area contributed by atoms with Crippen LogP contribution in [0.5, 0.6) is 0 Å². The normalized spacial score (nSPS) is 9.94. The number of carbonyl (C=O) groups excluding carboxylic acids is 2. The number of hydrogen-bond acceptors (Lipinski definition) is 5. The van der Waals surface area contributed by atoms with Crippen molar-refractivity contribution in [3.05, 3.63) is 0 Å². The molecule has 0 aliphatic rings. The van der Waals surface area contributed by atoms with Gasteiger partial charge in [0, 0.05) is 20.0 Å². The van der Waals surface area contributed by atoms with E-state index in [2.05, 4.69) is 4.74 Å². The highest BCUT2D eigenvalue weighted by Crippen LogP contribution is 1.95. The first-order valence-corrected chi connectivity index (χ1v) is 5.12. The molecule has 94 valence electrons. The van der Waals surface area contributed by atoms with E-state index in [0.717, 1.165) is 0 Å². The fourth-order valence-electron chi connectivity index (χ4n) is 1.10. The van der Waals surface area contributed by atoms with Gasteiger partial charge < -0.3 is 19.5 Å². The van der Waals surface area contributed by atoms with Crippen molar-refractivity contribution in [3.8, 4) is 0 Å². The van der Waals surface area contributed by atoms with E-state index < -0.39 is 0 Å². The van der Waals surface area contributed by atoms with Crippen LogP contribution >= 0.6 is 0 Å². The predicted octanol–water partition coefficient (Wildman–Crippen LogP) is -0.593. The Morgan fingerprint density at radius 2 is 1.94 bits per heavy atom. The van der Waals surface area contributed by atoms with Crippen molar-refractivity contribution in [2.24, 2.45) is 0 Å². The molecule has 0 unspecified atom stereocenters. The first-order valence-electron chi connectivity index (χ1n) is 5.12. The molecule has 0 heterocycles. The molecule has 0 rings (SSSR count). The van der Waals surface area contributed by atoms with Gasteiger partial charge in [0.2, 0.25) is 5.91 Å². The number of hydrogen-bond donors (Lipinski definition) is 1. The lowest BCUT2D eigenvalue weighted by Gasteiger charge is -2.20. The van der Waals surface area contributed by atoms with Gasteiger partial charge in [0.1, 0.15) is 0 Å². The molecule has 0 spiro atoms. The van der Waals surface area contributed by atoms with Gasteiger partial charge in [0.15, 0.2) is 0 Å². The Morgan fingerprint density at radius 1 is 1.25 bits per heavy atom. The summed E-state index contributed by atoms with van der Waals surface area (Å²) in [6, 6.07) is 0. The molecule has 0 saturated carbocycles. The number of nitrogens with zero attached hydrogens (tertiary/aromatic N) is 1. The van der Waals surface area contributed by atoms with Crippen LogP contribution < -0.4 is 0 Å². The largest absolute Gasteiger partial charge is 0.469 e. The third kappa shape index (κ3) is 7.19. The molecule has 0 fully saturated rings. The van der Waals surface area contributed by atoms with E-state index in [-0.39, 0.29) is 31.5 Å². The summed E-state index contributed by atoms with van der Waals surface area (Å²) in [5.74, 6) is -0.459. The van der Waals surface area contributed by atoms with Crippen LogP contribution in [0.2, 0.25) is 0 Å². The minimum atomic E-state index is -0.345. The second-order valence-electron chi connectivity index (χ2n) is 3.17. The molecule has 6 nitrogen and oxygen atoms in total. The fourth-order valence-corrected chi connectivity index (χ4v) is 1.10. The number of esters is 1. The van der Waals surface area contributed by atoms with Gasteiger partial charge in [-0.05, 0) is 0 Å². The van der Waals surface area contributed by atoms with Crippen molar-refractivity contribution in [1.82, 2.24) is 4.90 Å². The molecule has 1 N–H and O–H groups in total. The number of aliphatic hydroxyl groups is 1. The van der Waals surface area contributed by atoms with E-state index in [4.69, 9.17) is 9.84 Å². The van der Waals surface area contributed by atoms with Crippen molar-refractivity contribution in [2.75, 3.05) is 40.0 Å². The van der Waals surface area contributed by atoms with E-state index in [1.807, 2.05) is 0 Å². The SMILES string of the molecule is COC(=O)CCN(CCOCCO)C(C)=O. The first-order chi connectivity index (χ1) is 7.61. The molecule has 6 heteroatoms. The van der Waals surface area contributed by atoms with Crippen LogP contribution in [0.4, 0.5) is 0 Å². The maximum absolute atomic E-state index is 11.2. The van der Waals surface area contributed by atoms with Crippen molar-refractivity contribution < 1.29 is 24.2 Å². The van der Waals surface area contributed by atoms with Gasteiger partial charge >= 0.3 is 5.97 Å². The Bertz CT molecular complexity index is 219. The zero-order chi connectivity index (χ0) is 12.4. The van der Waals surface area contributed by atoms with Gasteiger partial charge in [0.25, 0.3) is 0 Å². The molecule has 0 aromatic rings. The predicted molar refractivity (Wildman–Crippen MR) is 56.8 cm³/mol. The standard InChI is InChI=1S/C10H19NO5/c1-9(13)11(4-3-10(14)15-2)5-7-16-8-6-12/h12H,3-8H2,1-2H3. The summed E-state index contributed by atoms with van der Waals surface area (Å²) in [6.07, 6.45) is 0.177. The van der Waals surface area contributed by atoms with Gasteiger partial charge in [0.05, 0.1) is 33.4 Å². The van der Waals surface area contributed by atoms with Crippen molar-refractivity contribution in [3.63, 3.8) is 0 Å². The maximum atomic E-state index is 11.2. The van der Waals surface area contributed by atoms with Crippen LogP contribution in [-0.2, 0) is 19.1 Å². The molecule has 0 bridgehead atoms. The first kappa shape index (κ1) is 14.9. The topological polar surface area (TPSA) is 76.1 Å². The summed E-state index contributed by atoms with van der Waals surface area (Å²) in [5, 5.41) is 8.48. The summed E-state index contributed by atoms with van der Waals surface area (Å²) >= 11 is 0. The van der Waals surface area contributed by atoms with Gasteiger partial charge in [-0.15, -0.1) is 0 Å². The Hall–Kier alpha value is -1.14. The zero-order valence-corrected chi connectivity index (χ0v) is 9.77. The van der Waals surface area contributed by atoms with Crippen molar-refractivity contribution >= 4 is 11.9 Å². The third-order valence-corrected chi connectivity index (χ3v) is 2.00. The van der Waals surface area contributed by atoms with Gasteiger partial charge in [-0.2, -0.15) is 0 Å². The number of rotatable bonds is 8. The molecule has 0 aromatic carbocycles. The van der Waals surface area contributed by atoms with Gasteiger partial charge in [-0.3, -0.25) is 9.59 Å². The molecule has 16 heavy (non-hydrogen) atoms. The highest BCUT2D eigenvalue weighted by Gasteiger charge is 2.10. The quantitative estimate of drug-likeness (QED) is 0.448. The van der Waals surface area contributed by atoms with Crippen LogP contribution in [-0.4, -0.2) is 61.9 Å². The number of amides is 1. The lowest BCUT2D eigenvalue weighted by Crippen LogP contribution is -2.34. The van der Waals surface area contributed by atoms with E-state index in [0.29, 0.717) is 19.7 Å². The van der Waals surface area contributed by atoms with Crippen LogP contribution in [0.3, 0.4) is 0 Å². The average Bonchev–Trinajstić information content (AvgIpc) is 2.27. The molecular weight excluding hydrogens is 214 g/mol. The van der Waals surface area contributed by atoms with Crippen LogP contribution in [0.25, 0.3) is 0 Å². The molecule has 0 aliphatic heterocycles. The summed E-state index contributed by atoms with van der Waals surface area (Å²) in [4.78, 5) is 23.6. The molecule has 0 radical (unpaired) electrons. The Labute approximate surface area is 95.1 Å². The van der Waals surface area contributed by atoms with Crippen LogP contribution in [0.15, 0.2) is 0 Å². The number of aliphatic hydroxyl groups excluding tert-OH is 1. The summed E-state index contributed by atoms with van der Waals surface area (Å²) < 4.78 is 9.52. The van der Waals surface area contributed by atoms with E-state index in [9.17, 15) is 9.59 Å². The van der Waals surface area contributed by atoms with E-state index in [1.54, 1.807) is 0 Å². The summed E-state index contributed by atoms with van der Waals surface area (Å²) in [7, 11) is 1.31. The van der Waals surface area contributed by atoms with Gasteiger partial charge in [-0.25, -0.2) is 0 Å². The molecule has 0 aromatic heterocycles. The Kier molecular flexibility index (Phi) is 8.46. The number of methoxy groups -OCH3 is 1. The second-order valence-corrected chi connectivity index (χ2v) is 3.17. The summed E-state index contributed by atoms with van der Waals surface area (Å²) in [5.41, 5.74) is 0. The molecule has 0 aliphatic carbocycles. The molecular formula is C10H19NO5. The van der Waals surface area contributed by atoms with Crippen molar-refractivity contribution in [2.45, 2.75) is 13.3 Å². The minimum Gasteiger partial charge on any atom is -0.469 e. The van der Waals surface area contributed by atoms with Crippen molar-refractivity contribution in [1.29, 1.82) is 0 Å². The number of carbonyl (C=O) groups is 2. The van der Waals surface area contributed by atoms with Crippen LogP contribution in [0.1, 0.15) is 13.3 Å². The monoisotopic (exact) mass is 233 g/mol. The van der Waals surface area contributed by atoms with Gasteiger partial charge in [-0.1, -0.05) is 0 Å². The van der Waals surface area contributed by atoms with E-state index >= 15 is 0 Å². The smallest absolute Gasteiger partial charge is 0.307 e. The highest BCUT2D eigenvalue weighted by atomic mass is 16.5. The number of ether oxygens (including phenoxy) is 2. The summed E-state index contributed by atoms with van der Waals surface area (Å²) in [6.45, 7) is 2.73. The fraction of sp³-hybridized carbons (Fsp3) is 0.800. The average molecular weight is 233 g/mol. The highest BCUT2D eigenvalue weighted by molar-refractivity contribution is 5.74. The minimum absolute atomic E-state index is 0.0395. The lowest BCUT2D eigenvalue weighted by molar-refractivity contribution is -0.141. The third-order valence-electron chi connectivity index (χ3n) is 2.00. The zero-order valence-electron chi connectivity index (χ0n) is 9.77. The maximum Gasteiger partial charge on any atom is 0.307 e. The van der Waals surface area contributed by atoms with E-state index in [1.165, 1.54) is 18.9 Å². The van der Waals surface area contributed by atoms with Crippen LogP contribution in [0, 0.1) is 0 Å². The molecule has 0 atom stereocenters. The lowest BCUT2D eigenvalue weighted by atomic mass is 10.3. The Balaban J connectivity index is 3.80. The molecule has 1 amide bonds. The second kappa shape index (κ2) is 9.11. The Morgan fingerprint density at radius 3 is 2.44 bits per heavy atom. The molecule has 0 saturated heterocycles.